The van der Waals surface area contributed by atoms with Crippen molar-refractivity contribution in [2.45, 2.75) is 13.8 Å². The summed E-state index contributed by atoms with van der Waals surface area (Å²) >= 11 is 0. The average molecular weight is 199 g/mol. The van der Waals surface area contributed by atoms with Crippen LogP contribution in [-0.2, 0) is 9.59 Å². The van der Waals surface area contributed by atoms with Crippen molar-refractivity contribution < 1.29 is 9.59 Å². The summed E-state index contributed by atoms with van der Waals surface area (Å²) in [4.78, 5) is 25.2. The molecule has 0 aromatic heterocycles. The fraction of sp³-hybridized carbons (Fsp3) is 0.444. The van der Waals surface area contributed by atoms with Crippen molar-refractivity contribution >= 4 is 28.5 Å². The van der Waals surface area contributed by atoms with Crippen LogP contribution in [0.25, 0.3) is 0 Å². The van der Waals surface area contributed by atoms with Gasteiger partial charge in [-0.3, -0.25) is 4.79 Å². The summed E-state index contributed by atoms with van der Waals surface area (Å²) in [5.41, 5.74) is -0.357. The summed E-state index contributed by atoms with van der Waals surface area (Å²) in [7, 11) is -0.632. The number of rotatable bonds is 4. The highest BCUT2D eigenvalue weighted by molar-refractivity contribution is 8.33. The molecule has 0 N–H and O–H groups in total. The fourth-order valence-corrected chi connectivity index (χ4v) is 3.00. The Bertz CT molecular complexity index is 281. The van der Waals surface area contributed by atoms with Gasteiger partial charge >= 0.3 is 0 Å². The molecule has 3 nitrogen and oxygen atoms in total. The van der Waals surface area contributed by atoms with Crippen molar-refractivity contribution in [1.82, 2.24) is 0 Å². The standard InChI is InChI=1S/C9H13NO2S/c1-9(2,6-12)7-13-4-3-10-8(13)5-11/h3-6,13H,7H2,1-2H3. The van der Waals surface area contributed by atoms with Gasteiger partial charge in [-0.2, -0.15) is 10.9 Å². The van der Waals surface area contributed by atoms with Gasteiger partial charge in [0, 0.05) is 11.6 Å². The number of hydrogen-bond donors (Lipinski definition) is 1. The second-order valence-corrected chi connectivity index (χ2v) is 5.65. The highest BCUT2D eigenvalue weighted by Gasteiger charge is 2.23. The minimum absolute atomic E-state index is 0.357. The van der Waals surface area contributed by atoms with Crippen LogP contribution in [0.15, 0.2) is 16.6 Å². The Morgan fingerprint density at radius 1 is 1.54 bits per heavy atom. The molecule has 0 aromatic carbocycles. The van der Waals surface area contributed by atoms with Crippen LogP contribution in [0.1, 0.15) is 13.8 Å². The molecule has 0 saturated carbocycles. The maximum absolute atomic E-state index is 10.7. The maximum atomic E-state index is 10.7. The Morgan fingerprint density at radius 2 is 2.23 bits per heavy atom. The quantitative estimate of drug-likeness (QED) is 0.548. The third kappa shape index (κ3) is 2.52. The highest BCUT2D eigenvalue weighted by atomic mass is 32.2. The van der Waals surface area contributed by atoms with Gasteiger partial charge in [0.1, 0.15) is 11.3 Å². The summed E-state index contributed by atoms with van der Waals surface area (Å²) in [6.45, 7) is 3.74. The van der Waals surface area contributed by atoms with E-state index < -0.39 is 10.9 Å². The Kier molecular flexibility index (Phi) is 3.03. The molecular weight excluding hydrogens is 186 g/mol. The van der Waals surface area contributed by atoms with Gasteiger partial charge in [0.05, 0.1) is 0 Å². The van der Waals surface area contributed by atoms with Gasteiger partial charge in [0.25, 0.3) is 0 Å². The number of thiol groups is 1. The van der Waals surface area contributed by atoms with E-state index in [9.17, 15) is 9.59 Å². The first kappa shape index (κ1) is 10.2. The smallest absolute Gasteiger partial charge is 0.173 e. The van der Waals surface area contributed by atoms with E-state index in [2.05, 4.69) is 4.99 Å². The van der Waals surface area contributed by atoms with Crippen LogP contribution in [0, 0.1) is 5.41 Å². The minimum Gasteiger partial charge on any atom is -0.303 e. The Balaban J connectivity index is 2.65. The van der Waals surface area contributed by atoms with E-state index in [4.69, 9.17) is 0 Å². The van der Waals surface area contributed by atoms with Crippen LogP contribution in [0.3, 0.4) is 0 Å². The first-order valence-electron chi connectivity index (χ1n) is 4.02. The normalized spacial score (nSPS) is 24.2. The largest absolute Gasteiger partial charge is 0.303 e. The molecule has 72 valence electrons. The predicted molar refractivity (Wildman–Crippen MR) is 56.3 cm³/mol. The van der Waals surface area contributed by atoms with Crippen molar-refractivity contribution in [1.29, 1.82) is 0 Å². The second-order valence-electron chi connectivity index (χ2n) is 3.64. The van der Waals surface area contributed by atoms with Gasteiger partial charge in [-0.05, 0) is 11.2 Å². The third-order valence-corrected chi connectivity index (χ3v) is 4.21. The van der Waals surface area contributed by atoms with Crippen LogP contribution < -0.4 is 0 Å². The lowest BCUT2D eigenvalue weighted by atomic mass is 10.00. The number of aliphatic imine (C=N–C) groups is 1. The van der Waals surface area contributed by atoms with Gasteiger partial charge in [0.2, 0.25) is 0 Å². The van der Waals surface area contributed by atoms with Gasteiger partial charge in [-0.1, -0.05) is 13.8 Å². The first-order valence-corrected chi connectivity index (χ1v) is 5.61. The Hall–Kier alpha value is -0.900. The molecule has 1 heterocycles. The lowest BCUT2D eigenvalue weighted by molar-refractivity contribution is -0.113. The van der Waals surface area contributed by atoms with Crippen molar-refractivity contribution in [3.05, 3.63) is 11.6 Å². The molecule has 4 heteroatoms. The van der Waals surface area contributed by atoms with E-state index in [1.54, 1.807) is 6.20 Å². The monoisotopic (exact) mass is 199 g/mol. The molecule has 1 rings (SSSR count). The number of aldehydes is 2. The van der Waals surface area contributed by atoms with Crippen molar-refractivity contribution in [2.24, 2.45) is 10.4 Å². The number of hydrogen-bond acceptors (Lipinski definition) is 3. The fourth-order valence-electron chi connectivity index (χ4n) is 1.05. The zero-order valence-corrected chi connectivity index (χ0v) is 8.62. The molecule has 1 aliphatic rings. The van der Waals surface area contributed by atoms with Crippen LogP contribution in [0.2, 0.25) is 0 Å². The predicted octanol–water partition coefficient (Wildman–Crippen LogP) is 1.29. The zero-order valence-electron chi connectivity index (χ0n) is 7.73. The maximum Gasteiger partial charge on any atom is 0.173 e. The van der Waals surface area contributed by atoms with E-state index in [0.717, 1.165) is 12.6 Å². The van der Waals surface area contributed by atoms with E-state index in [1.807, 2.05) is 19.3 Å². The van der Waals surface area contributed by atoms with Crippen LogP contribution >= 0.6 is 10.9 Å². The molecule has 1 unspecified atom stereocenters. The van der Waals surface area contributed by atoms with Gasteiger partial charge in [-0.25, -0.2) is 4.99 Å². The molecule has 0 aromatic rings. The molecule has 0 amide bonds. The van der Waals surface area contributed by atoms with E-state index in [-0.39, 0.29) is 5.41 Å². The van der Waals surface area contributed by atoms with E-state index in [1.165, 1.54) is 0 Å². The molecule has 1 aliphatic heterocycles. The summed E-state index contributed by atoms with van der Waals surface area (Å²) in [6.07, 6.45) is 3.37. The van der Waals surface area contributed by atoms with E-state index >= 15 is 0 Å². The summed E-state index contributed by atoms with van der Waals surface area (Å²) in [5, 5.41) is 2.51. The summed E-state index contributed by atoms with van der Waals surface area (Å²) in [5.74, 6) is 0.708. The van der Waals surface area contributed by atoms with Crippen LogP contribution in [0.5, 0.6) is 0 Å². The topological polar surface area (TPSA) is 46.5 Å². The minimum atomic E-state index is -0.632. The Labute approximate surface area is 80.3 Å². The highest BCUT2D eigenvalue weighted by Crippen LogP contribution is 2.37. The Morgan fingerprint density at radius 3 is 2.77 bits per heavy atom. The molecule has 0 aliphatic carbocycles. The van der Waals surface area contributed by atoms with E-state index in [0.29, 0.717) is 10.8 Å². The molecule has 0 fully saturated rings. The molecule has 0 bridgehead atoms. The third-order valence-electron chi connectivity index (χ3n) is 1.75. The second kappa shape index (κ2) is 3.87. The molecular formula is C9H13NO2S. The lowest BCUT2D eigenvalue weighted by Gasteiger charge is -2.22. The van der Waals surface area contributed by atoms with Gasteiger partial charge in [-0.15, -0.1) is 0 Å². The molecule has 0 saturated heterocycles. The number of nitrogens with zero attached hydrogens (tertiary/aromatic N) is 1. The van der Waals surface area contributed by atoms with Crippen LogP contribution in [-0.4, -0.2) is 23.4 Å². The molecule has 13 heavy (non-hydrogen) atoms. The lowest BCUT2D eigenvalue weighted by Crippen LogP contribution is -2.20. The summed E-state index contributed by atoms with van der Waals surface area (Å²) < 4.78 is 0. The zero-order chi connectivity index (χ0) is 9.90. The molecule has 0 radical (unpaired) electrons. The van der Waals surface area contributed by atoms with Crippen molar-refractivity contribution in [3.8, 4) is 0 Å². The van der Waals surface area contributed by atoms with Crippen molar-refractivity contribution in [3.63, 3.8) is 0 Å². The number of carbonyl (C=O) groups is 2. The first-order chi connectivity index (χ1) is 6.09. The molecule has 0 spiro atoms. The number of carbonyl (C=O) groups excluding carboxylic acids is 2. The van der Waals surface area contributed by atoms with Gasteiger partial charge in [0.15, 0.2) is 6.29 Å². The van der Waals surface area contributed by atoms with Gasteiger partial charge < -0.3 is 4.79 Å². The van der Waals surface area contributed by atoms with Crippen LogP contribution in [0.4, 0.5) is 0 Å². The SMILES string of the molecule is CC(C)(C=O)C[SH]1C=CN=C1C=O. The summed E-state index contributed by atoms with van der Waals surface area (Å²) in [6, 6.07) is 0. The molecule has 1 atom stereocenters. The average Bonchev–Trinajstić information content (AvgIpc) is 2.51. The van der Waals surface area contributed by atoms with Crippen molar-refractivity contribution in [2.75, 3.05) is 5.75 Å².